The molecule has 0 aromatic carbocycles. The average molecular weight is 94.1 g/mol. The molecule has 3 nitrogen and oxygen atoms in total. The highest BCUT2D eigenvalue weighted by molar-refractivity contribution is 5.32. The van der Waals surface area contributed by atoms with Crippen molar-refractivity contribution < 1.29 is 5.11 Å². The monoisotopic (exact) mass is 94.0 g/mol. The summed E-state index contributed by atoms with van der Waals surface area (Å²) < 4.78 is 0. The minimum absolute atomic E-state index is 0.278. The van der Waals surface area contributed by atoms with E-state index in [-0.39, 0.29) is 5.57 Å². The van der Waals surface area contributed by atoms with Crippen molar-refractivity contribution in [1.82, 2.24) is 0 Å². The quantitative estimate of drug-likeness (QED) is 0.350. The molecule has 0 aliphatic carbocycles. The zero-order valence-electron chi connectivity index (χ0n) is 3.42. The third-order valence-corrected chi connectivity index (χ3v) is 0.370. The highest BCUT2D eigenvalue weighted by Gasteiger charge is 1.84. The van der Waals surface area contributed by atoms with Crippen molar-refractivity contribution in [1.29, 1.82) is 10.5 Å². The van der Waals surface area contributed by atoms with E-state index in [1.165, 1.54) is 12.1 Å². The van der Waals surface area contributed by atoms with Gasteiger partial charge in [-0.05, 0) is 0 Å². The maximum atomic E-state index is 7.92. The van der Waals surface area contributed by atoms with Crippen molar-refractivity contribution in [2.75, 3.05) is 0 Å². The van der Waals surface area contributed by atoms with Crippen LogP contribution in [0.25, 0.3) is 0 Å². The zero-order valence-corrected chi connectivity index (χ0v) is 3.42. The first-order valence-electron chi connectivity index (χ1n) is 1.49. The third-order valence-electron chi connectivity index (χ3n) is 0.370. The second-order valence-electron chi connectivity index (χ2n) is 0.766. The van der Waals surface area contributed by atoms with Gasteiger partial charge in [0, 0.05) is 0 Å². The maximum Gasteiger partial charge on any atom is 0.163 e. The zero-order chi connectivity index (χ0) is 5.70. The molecule has 0 unspecified atom stereocenters. The molecule has 0 heterocycles. The van der Waals surface area contributed by atoms with Gasteiger partial charge in [0.25, 0.3) is 0 Å². The summed E-state index contributed by atoms with van der Waals surface area (Å²) in [7, 11) is 0. The molecule has 0 amide bonds. The van der Waals surface area contributed by atoms with E-state index in [4.69, 9.17) is 15.6 Å². The van der Waals surface area contributed by atoms with Gasteiger partial charge in [-0.1, -0.05) is 0 Å². The van der Waals surface area contributed by atoms with Crippen LogP contribution in [0.4, 0.5) is 0 Å². The fourth-order valence-corrected chi connectivity index (χ4v) is 0.0827. The number of hydrogen-bond acceptors (Lipinski definition) is 3. The highest BCUT2D eigenvalue weighted by atomic mass is 16.2. The minimum atomic E-state index is -0.278. The van der Waals surface area contributed by atoms with Crippen LogP contribution in [0.15, 0.2) is 11.8 Å². The first kappa shape index (κ1) is 5.52. The summed E-state index contributed by atoms with van der Waals surface area (Å²) in [5, 5.41) is 23.6. The van der Waals surface area contributed by atoms with E-state index < -0.39 is 0 Å². The first-order chi connectivity index (χ1) is 3.35. The van der Waals surface area contributed by atoms with Gasteiger partial charge in [0.2, 0.25) is 0 Å². The van der Waals surface area contributed by atoms with Gasteiger partial charge in [0.05, 0.1) is 0 Å². The summed E-state index contributed by atoms with van der Waals surface area (Å²) in [6.45, 7) is 0. The Balaban J connectivity index is 4.03. The topological polar surface area (TPSA) is 67.8 Å². The predicted octanol–water partition coefficient (Wildman–Crippen LogP) is 0.475. The van der Waals surface area contributed by atoms with Gasteiger partial charge in [-0.3, -0.25) is 0 Å². The van der Waals surface area contributed by atoms with Gasteiger partial charge in [-0.15, -0.1) is 0 Å². The molecule has 0 rings (SSSR count). The van der Waals surface area contributed by atoms with Crippen LogP contribution in [0, 0.1) is 22.7 Å². The Morgan fingerprint density at radius 2 is 1.86 bits per heavy atom. The largest absolute Gasteiger partial charge is 0.513 e. The lowest BCUT2D eigenvalue weighted by Crippen LogP contribution is -1.66. The van der Waals surface area contributed by atoms with E-state index in [1.54, 1.807) is 0 Å². The Kier molecular flexibility index (Phi) is 2.16. The number of nitriles is 2. The number of aliphatic hydroxyl groups excluding tert-OH is 1. The molecule has 34 valence electrons. The molecular weight excluding hydrogens is 92.1 g/mol. The molecule has 0 saturated heterocycles. The molecule has 0 aliphatic heterocycles. The maximum absolute atomic E-state index is 7.92. The normalized spacial score (nSPS) is 5.43. The van der Waals surface area contributed by atoms with Crippen molar-refractivity contribution in [2.24, 2.45) is 0 Å². The Morgan fingerprint density at radius 3 is 1.86 bits per heavy atom. The van der Waals surface area contributed by atoms with Crippen LogP contribution in [-0.2, 0) is 0 Å². The van der Waals surface area contributed by atoms with Gasteiger partial charge >= 0.3 is 0 Å². The Morgan fingerprint density at radius 1 is 1.43 bits per heavy atom. The van der Waals surface area contributed by atoms with Crippen molar-refractivity contribution in [3.05, 3.63) is 11.8 Å². The highest BCUT2D eigenvalue weighted by Crippen LogP contribution is 1.81. The fraction of sp³-hybridized carbons (Fsp3) is 0. The van der Waals surface area contributed by atoms with E-state index in [1.807, 2.05) is 0 Å². The molecule has 0 aromatic heterocycles. The van der Waals surface area contributed by atoms with Gasteiger partial charge in [0.1, 0.15) is 18.4 Å². The van der Waals surface area contributed by atoms with E-state index in [2.05, 4.69) is 0 Å². The molecule has 0 atom stereocenters. The van der Waals surface area contributed by atoms with Crippen molar-refractivity contribution in [3.63, 3.8) is 0 Å². The van der Waals surface area contributed by atoms with Crippen molar-refractivity contribution in [2.45, 2.75) is 0 Å². The molecule has 0 radical (unpaired) electrons. The van der Waals surface area contributed by atoms with E-state index in [0.717, 1.165) is 0 Å². The van der Waals surface area contributed by atoms with Crippen LogP contribution >= 0.6 is 0 Å². The molecule has 3 heteroatoms. The van der Waals surface area contributed by atoms with E-state index >= 15 is 0 Å². The molecule has 0 aromatic rings. The SMILES string of the molecule is N#CC(C#N)=CO. The Hall–Kier alpha value is -1.48. The number of hydrogen-bond donors (Lipinski definition) is 1. The summed E-state index contributed by atoms with van der Waals surface area (Å²) in [6, 6.07) is 2.90. The van der Waals surface area contributed by atoms with Gasteiger partial charge in [-0.25, -0.2) is 0 Å². The summed E-state index contributed by atoms with van der Waals surface area (Å²) in [5.74, 6) is 0. The van der Waals surface area contributed by atoms with Crippen LogP contribution in [0.2, 0.25) is 0 Å². The fourth-order valence-electron chi connectivity index (χ4n) is 0.0827. The lowest BCUT2D eigenvalue weighted by molar-refractivity contribution is 0.471. The minimum Gasteiger partial charge on any atom is -0.513 e. The number of nitrogens with zero attached hydrogens (tertiary/aromatic N) is 2. The van der Waals surface area contributed by atoms with Crippen LogP contribution in [-0.4, -0.2) is 5.11 Å². The summed E-state index contributed by atoms with van der Waals surface area (Å²) in [4.78, 5) is 0. The molecule has 0 aliphatic rings. The van der Waals surface area contributed by atoms with E-state index in [9.17, 15) is 0 Å². The third kappa shape index (κ3) is 1.40. The first-order valence-corrected chi connectivity index (χ1v) is 1.49. The van der Waals surface area contributed by atoms with Gasteiger partial charge in [0.15, 0.2) is 5.57 Å². The lowest BCUT2D eigenvalue weighted by Gasteiger charge is -1.67. The van der Waals surface area contributed by atoms with Gasteiger partial charge < -0.3 is 5.11 Å². The molecule has 0 bridgehead atoms. The molecule has 0 saturated carbocycles. The second kappa shape index (κ2) is 2.74. The van der Waals surface area contributed by atoms with Crippen molar-refractivity contribution in [3.8, 4) is 12.1 Å². The number of allylic oxidation sites excluding steroid dienone is 1. The molecular formula is C4H2N2O. The van der Waals surface area contributed by atoms with E-state index in [0.29, 0.717) is 6.26 Å². The lowest BCUT2D eigenvalue weighted by atomic mass is 10.4. The van der Waals surface area contributed by atoms with Crippen LogP contribution < -0.4 is 0 Å². The smallest absolute Gasteiger partial charge is 0.163 e. The van der Waals surface area contributed by atoms with Crippen LogP contribution in [0.3, 0.4) is 0 Å². The van der Waals surface area contributed by atoms with Gasteiger partial charge in [-0.2, -0.15) is 10.5 Å². The molecule has 1 N–H and O–H groups in total. The Bertz CT molecular complexity index is 142. The average Bonchev–Trinajstić information content (AvgIpc) is 1.72. The number of aliphatic hydroxyl groups is 1. The summed E-state index contributed by atoms with van der Waals surface area (Å²) in [5.41, 5.74) is -0.278. The van der Waals surface area contributed by atoms with Crippen LogP contribution in [0.1, 0.15) is 0 Å². The second-order valence-corrected chi connectivity index (χ2v) is 0.766. The predicted molar refractivity (Wildman–Crippen MR) is 21.9 cm³/mol. The molecule has 0 fully saturated rings. The summed E-state index contributed by atoms with van der Waals surface area (Å²) in [6.07, 6.45) is 0.472. The Labute approximate surface area is 40.7 Å². The summed E-state index contributed by atoms with van der Waals surface area (Å²) >= 11 is 0. The number of rotatable bonds is 0. The molecule has 7 heavy (non-hydrogen) atoms. The van der Waals surface area contributed by atoms with Crippen molar-refractivity contribution >= 4 is 0 Å². The van der Waals surface area contributed by atoms with Crippen LogP contribution in [0.5, 0.6) is 0 Å². The molecule has 0 spiro atoms. The standard InChI is InChI=1S/C4H2N2O/c5-1-4(2-6)3-7/h3,7H.